The molecule has 0 amide bonds. The first-order chi connectivity index (χ1) is 8.59. The van der Waals surface area contributed by atoms with Crippen LogP contribution in [0.15, 0.2) is 11.4 Å². The number of halogens is 2. The zero-order valence-corrected chi connectivity index (χ0v) is 10.3. The van der Waals surface area contributed by atoms with Crippen molar-refractivity contribution in [1.82, 2.24) is 10.2 Å². The predicted octanol–water partition coefficient (Wildman–Crippen LogP) is 1.87. The van der Waals surface area contributed by atoms with Crippen LogP contribution in [-0.4, -0.2) is 42.4 Å². The first kappa shape index (κ1) is 13.3. The van der Waals surface area contributed by atoms with E-state index in [1.54, 1.807) is 4.90 Å². The monoisotopic (exact) mass is 277 g/mol. The number of nitro groups is 1. The van der Waals surface area contributed by atoms with Gasteiger partial charge in [-0.2, -0.15) is 0 Å². The van der Waals surface area contributed by atoms with Crippen molar-refractivity contribution < 1.29 is 13.7 Å². The summed E-state index contributed by atoms with van der Waals surface area (Å²) in [6.07, 6.45) is -2.54. The minimum absolute atomic E-state index is 0.0919. The van der Waals surface area contributed by atoms with E-state index in [9.17, 15) is 18.9 Å². The zero-order valence-electron chi connectivity index (χ0n) is 9.51. The van der Waals surface area contributed by atoms with E-state index in [1.165, 1.54) is 11.4 Å². The Kier molecular flexibility index (Phi) is 4.20. The molecule has 0 unspecified atom stereocenters. The van der Waals surface area contributed by atoms with Crippen molar-refractivity contribution in [3.8, 4) is 0 Å². The fraction of sp³-hybridized carbons (Fsp3) is 0.600. The van der Waals surface area contributed by atoms with Crippen LogP contribution < -0.4 is 5.32 Å². The highest BCUT2D eigenvalue weighted by Crippen LogP contribution is 2.33. The van der Waals surface area contributed by atoms with Crippen molar-refractivity contribution in [2.75, 3.05) is 26.2 Å². The fourth-order valence-corrected chi connectivity index (χ4v) is 2.82. The summed E-state index contributed by atoms with van der Waals surface area (Å²) in [5, 5.41) is 15.0. The number of hydrogen-bond acceptors (Lipinski definition) is 5. The van der Waals surface area contributed by atoms with Gasteiger partial charge in [0.05, 0.1) is 11.0 Å². The summed E-state index contributed by atoms with van der Waals surface area (Å²) < 4.78 is 26.3. The number of hydrogen-bond donors (Lipinski definition) is 1. The molecule has 0 bridgehead atoms. The van der Waals surface area contributed by atoms with Gasteiger partial charge in [-0.05, 0) is 5.56 Å². The van der Waals surface area contributed by atoms with Crippen LogP contribution in [0.5, 0.6) is 0 Å². The molecule has 0 saturated carbocycles. The number of piperazine rings is 1. The molecule has 8 heteroatoms. The van der Waals surface area contributed by atoms with Gasteiger partial charge in [-0.25, -0.2) is 8.78 Å². The summed E-state index contributed by atoms with van der Waals surface area (Å²) in [7, 11) is 0. The van der Waals surface area contributed by atoms with Gasteiger partial charge in [-0.1, -0.05) is 11.3 Å². The Balaban J connectivity index is 2.20. The van der Waals surface area contributed by atoms with Crippen LogP contribution in [0.2, 0.25) is 0 Å². The lowest BCUT2D eigenvalue weighted by Gasteiger charge is -2.33. The molecule has 1 aromatic heterocycles. The standard InChI is InChI=1S/C10H13F2N3O2S/c11-10(12)9(14-3-1-13-2-4-14)7-5-8(15(16)17)18-6-7/h5-6,9-10,13H,1-4H2/t9-/m1/s1. The quantitative estimate of drug-likeness (QED) is 0.674. The second-order valence-electron chi connectivity index (χ2n) is 4.04. The molecule has 100 valence electrons. The lowest BCUT2D eigenvalue weighted by molar-refractivity contribution is -0.380. The van der Waals surface area contributed by atoms with Crippen molar-refractivity contribution in [2.45, 2.75) is 12.5 Å². The third-order valence-corrected chi connectivity index (χ3v) is 3.81. The van der Waals surface area contributed by atoms with Crippen molar-refractivity contribution in [3.05, 3.63) is 27.1 Å². The number of nitrogens with one attached hydrogen (secondary N) is 1. The number of rotatable bonds is 4. The molecule has 0 aliphatic carbocycles. The van der Waals surface area contributed by atoms with Crippen LogP contribution in [0.25, 0.3) is 0 Å². The Bertz CT molecular complexity index is 421. The van der Waals surface area contributed by atoms with Crippen molar-refractivity contribution in [3.63, 3.8) is 0 Å². The van der Waals surface area contributed by atoms with Crippen LogP contribution in [-0.2, 0) is 0 Å². The summed E-state index contributed by atoms with van der Waals surface area (Å²) in [4.78, 5) is 11.7. The second kappa shape index (κ2) is 5.68. The molecular formula is C10H13F2N3O2S. The molecule has 2 rings (SSSR count). The van der Waals surface area contributed by atoms with Crippen molar-refractivity contribution in [2.24, 2.45) is 0 Å². The largest absolute Gasteiger partial charge is 0.324 e. The van der Waals surface area contributed by atoms with E-state index in [0.717, 1.165) is 11.3 Å². The normalized spacial score (nSPS) is 19.1. The van der Waals surface area contributed by atoms with Crippen molar-refractivity contribution >= 4 is 16.3 Å². The molecule has 18 heavy (non-hydrogen) atoms. The Morgan fingerprint density at radius 3 is 2.61 bits per heavy atom. The van der Waals surface area contributed by atoms with Crippen LogP contribution in [0.4, 0.5) is 13.8 Å². The number of alkyl halides is 2. The third-order valence-electron chi connectivity index (χ3n) is 2.91. The van der Waals surface area contributed by atoms with Crippen LogP contribution in [0.3, 0.4) is 0 Å². The van der Waals surface area contributed by atoms with Gasteiger partial charge in [-0.15, -0.1) is 0 Å². The summed E-state index contributed by atoms with van der Waals surface area (Å²) in [6.45, 7) is 2.38. The highest BCUT2D eigenvalue weighted by atomic mass is 32.1. The minimum Gasteiger partial charge on any atom is -0.314 e. The van der Waals surface area contributed by atoms with Crippen LogP contribution in [0.1, 0.15) is 11.6 Å². The maximum atomic E-state index is 13.2. The molecule has 1 N–H and O–H groups in total. The fourth-order valence-electron chi connectivity index (χ4n) is 2.07. The van der Waals surface area contributed by atoms with E-state index in [0.29, 0.717) is 31.7 Å². The highest BCUT2D eigenvalue weighted by molar-refractivity contribution is 7.13. The molecule has 1 aliphatic rings. The lowest BCUT2D eigenvalue weighted by Crippen LogP contribution is -2.46. The molecular weight excluding hydrogens is 264 g/mol. The first-order valence-electron chi connectivity index (χ1n) is 5.55. The Labute approximate surface area is 107 Å². The van der Waals surface area contributed by atoms with E-state index in [4.69, 9.17) is 0 Å². The Hall–Kier alpha value is -1.12. The van der Waals surface area contributed by atoms with Crippen molar-refractivity contribution in [1.29, 1.82) is 0 Å². The van der Waals surface area contributed by atoms with Crippen LogP contribution in [0, 0.1) is 10.1 Å². The molecule has 0 radical (unpaired) electrons. The molecule has 1 fully saturated rings. The van der Waals surface area contributed by atoms with Gasteiger partial charge >= 0.3 is 5.00 Å². The maximum Gasteiger partial charge on any atom is 0.324 e. The van der Waals surface area contributed by atoms with Crippen LogP contribution >= 0.6 is 11.3 Å². The van der Waals surface area contributed by atoms with Gasteiger partial charge in [0.25, 0.3) is 6.43 Å². The van der Waals surface area contributed by atoms with E-state index in [-0.39, 0.29) is 5.00 Å². The summed E-state index contributed by atoms with van der Waals surface area (Å²) in [5.74, 6) is 0. The third kappa shape index (κ3) is 2.82. The Morgan fingerprint density at radius 1 is 1.44 bits per heavy atom. The van der Waals surface area contributed by atoms with Gasteiger partial charge in [0.2, 0.25) is 0 Å². The molecule has 1 aromatic rings. The molecule has 1 aliphatic heterocycles. The van der Waals surface area contributed by atoms with E-state index in [1.807, 2.05) is 0 Å². The molecule has 0 aromatic carbocycles. The average molecular weight is 277 g/mol. The zero-order chi connectivity index (χ0) is 13.1. The molecule has 1 atom stereocenters. The van der Waals surface area contributed by atoms with Gasteiger partial charge < -0.3 is 5.32 Å². The lowest BCUT2D eigenvalue weighted by atomic mass is 10.1. The first-order valence-corrected chi connectivity index (χ1v) is 6.43. The van der Waals surface area contributed by atoms with Gasteiger partial charge in [0, 0.05) is 37.6 Å². The average Bonchev–Trinajstić information content (AvgIpc) is 2.79. The number of nitrogens with zero attached hydrogens (tertiary/aromatic N) is 2. The smallest absolute Gasteiger partial charge is 0.314 e. The minimum atomic E-state index is -2.54. The van der Waals surface area contributed by atoms with Gasteiger partial charge in [-0.3, -0.25) is 15.0 Å². The Morgan fingerprint density at radius 2 is 2.11 bits per heavy atom. The summed E-state index contributed by atoms with van der Waals surface area (Å²) in [5.41, 5.74) is 0.337. The molecule has 1 saturated heterocycles. The molecule has 5 nitrogen and oxygen atoms in total. The topological polar surface area (TPSA) is 58.4 Å². The summed E-state index contributed by atoms with van der Waals surface area (Å²) >= 11 is 0.893. The van der Waals surface area contributed by atoms with Gasteiger partial charge in [0.1, 0.15) is 0 Å². The van der Waals surface area contributed by atoms with Gasteiger partial charge in [0.15, 0.2) is 0 Å². The number of thiophene rings is 1. The second-order valence-corrected chi connectivity index (χ2v) is 4.93. The molecule has 0 spiro atoms. The maximum absolute atomic E-state index is 13.2. The molecule has 2 heterocycles. The van der Waals surface area contributed by atoms with E-state index >= 15 is 0 Å². The van der Waals surface area contributed by atoms with E-state index in [2.05, 4.69) is 5.32 Å². The highest BCUT2D eigenvalue weighted by Gasteiger charge is 2.31. The predicted molar refractivity (Wildman–Crippen MR) is 64.2 cm³/mol. The van der Waals surface area contributed by atoms with E-state index < -0.39 is 17.4 Å². The summed E-state index contributed by atoms with van der Waals surface area (Å²) in [6, 6.07) is 0.209. The SMILES string of the molecule is O=[N+]([O-])c1cc([C@H](C(F)F)N2CCNCC2)cs1.